The van der Waals surface area contributed by atoms with Gasteiger partial charge in [-0.2, -0.15) is 0 Å². The maximum Gasteiger partial charge on any atom is 0.306 e. The summed E-state index contributed by atoms with van der Waals surface area (Å²) in [6, 6.07) is 0. The van der Waals surface area contributed by atoms with Crippen LogP contribution in [0.5, 0.6) is 0 Å². The third-order valence-electron chi connectivity index (χ3n) is 3.66. The summed E-state index contributed by atoms with van der Waals surface area (Å²) in [4.78, 5) is 31.5. The van der Waals surface area contributed by atoms with Gasteiger partial charge in [0.25, 0.3) is 0 Å². The minimum absolute atomic E-state index is 0.0851. The Hall–Kier alpha value is -1.51. The highest BCUT2D eigenvalue weighted by Gasteiger charge is 2.15. The number of carbonyl (C=O) groups is 2. The number of hydrogen-bond acceptors (Lipinski definition) is 7. The minimum Gasteiger partial charge on any atom is -0.469 e. The molecule has 0 N–H and O–H groups in total. The fraction of sp³-hybridized carbons (Fsp3) is 0.667. The first-order valence-corrected chi connectivity index (χ1v) is 8.50. The van der Waals surface area contributed by atoms with Crippen molar-refractivity contribution in [3.05, 3.63) is 16.1 Å². The minimum atomic E-state index is -0.367. The highest BCUT2D eigenvalue weighted by molar-refractivity contribution is 7.09. The van der Waals surface area contributed by atoms with Crippen LogP contribution in [0.25, 0.3) is 0 Å². The quantitative estimate of drug-likeness (QED) is 0.686. The van der Waals surface area contributed by atoms with Gasteiger partial charge in [0.15, 0.2) is 0 Å². The second-order valence-electron chi connectivity index (χ2n) is 5.45. The molecule has 0 atom stereocenters. The van der Waals surface area contributed by atoms with Crippen molar-refractivity contribution in [2.24, 2.45) is 0 Å². The van der Waals surface area contributed by atoms with Gasteiger partial charge in [0.2, 0.25) is 5.91 Å². The Bertz CT molecular complexity index is 529. The van der Waals surface area contributed by atoms with Crippen LogP contribution in [0.2, 0.25) is 0 Å². The van der Waals surface area contributed by atoms with E-state index in [0.717, 1.165) is 43.5 Å². The van der Waals surface area contributed by atoms with Crippen LogP contribution in [-0.4, -0.2) is 67.1 Å². The molecule has 1 aliphatic rings. The lowest BCUT2D eigenvalue weighted by Crippen LogP contribution is -2.35. The number of thiazole rings is 1. The molecule has 0 bridgehead atoms. The van der Waals surface area contributed by atoms with Crippen molar-refractivity contribution in [2.75, 3.05) is 40.5 Å². The van der Waals surface area contributed by atoms with E-state index < -0.39 is 0 Å². The van der Waals surface area contributed by atoms with Gasteiger partial charge in [0.1, 0.15) is 5.01 Å². The first-order valence-electron chi connectivity index (χ1n) is 7.62. The number of aromatic nitrogens is 1. The number of amides is 1. The maximum atomic E-state index is 12.0. The van der Waals surface area contributed by atoms with Gasteiger partial charge in [-0.05, 0) is 0 Å². The van der Waals surface area contributed by atoms with E-state index >= 15 is 0 Å². The van der Waals surface area contributed by atoms with Crippen LogP contribution in [-0.2, 0) is 32.2 Å². The average molecular weight is 341 g/mol. The lowest BCUT2D eigenvalue weighted by atomic mass is 10.3. The summed E-state index contributed by atoms with van der Waals surface area (Å²) in [5.74, 6) is -0.452. The van der Waals surface area contributed by atoms with Gasteiger partial charge in [0.05, 0.1) is 45.5 Å². The lowest BCUT2D eigenvalue weighted by molar-refractivity contribution is -0.143. The van der Waals surface area contributed by atoms with Gasteiger partial charge < -0.3 is 14.4 Å². The molecule has 0 radical (unpaired) electrons. The molecule has 23 heavy (non-hydrogen) atoms. The standard InChI is InChI=1S/C15H23N3O4S/c1-17(14(19)3-4-15(20)21-2)9-12-11-23-13(16-12)10-18-5-7-22-8-6-18/h11H,3-10H2,1-2H3. The van der Waals surface area contributed by atoms with Crippen LogP contribution in [0.1, 0.15) is 23.5 Å². The van der Waals surface area contributed by atoms with E-state index in [1.165, 1.54) is 7.11 Å². The van der Waals surface area contributed by atoms with Crippen LogP contribution in [0.4, 0.5) is 0 Å². The highest BCUT2D eigenvalue weighted by Crippen LogP contribution is 2.15. The molecular weight excluding hydrogens is 318 g/mol. The number of rotatable bonds is 7. The van der Waals surface area contributed by atoms with Crippen molar-refractivity contribution in [2.45, 2.75) is 25.9 Å². The van der Waals surface area contributed by atoms with Crippen LogP contribution in [0.3, 0.4) is 0 Å². The molecule has 0 aromatic carbocycles. The van der Waals surface area contributed by atoms with Gasteiger partial charge in [0, 0.05) is 31.9 Å². The summed E-state index contributed by atoms with van der Waals surface area (Å²) in [7, 11) is 3.04. The molecule has 7 nitrogen and oxygen atoms in total. The van der Waals surface area contributed by atoms with E-state index in [4.69, 9.17) is 4.74 Å². The predicted molar refractivity (Wildman–Crippen MR) is 85.9 cm³/mol. The summed E-state index contributed by atoms with van der Waals surface area (Å²) >= 11 is 1.61. The molecule has 0 unspecified atom stereocenters. The number of morpholine rings is 1. The fourth-order valence-electron chi connectivity index (χ4n) is 2.28. The second kappa shape index (κ2) is 8.95. The van der Waals surface area contributed by atoms with E-state index in [9.17, 15) is 9.59 Å². The van der Waals surface area contributed by atoms with Gasteiger partial charge >= 0.3 is 5.97 Å². The van der Waals surface area contributed by atoms with Crippen molar-refractivity contribution in [3.63, 3.8) is 0 Å². The molecule has 1 aromatic rings. The van der Waals surface area contributed by atoms with Crippen LogP contribution in [0, 0.1) is 0 Å². The van der Waals surface area contributed by atoms with E-state index in [0.29, 0.717) is 6.54 Å². The molecule has 2 rings (SSSR count). The average Bonchev–Trinajstić information content (AvgIpc) is 3.00. The molecule has 1 saturated heterocycles. The first-order chi connectivity index (χ1) is 11.1. The summed E-state index contributed by atoms with van der Waals surface area (Å²) in [6.45, 7) is 4.70. The second-order valence-corrected chi connectivity index (χ2v) is 6.39. The zero-order chi connectivity index (χ0) is 16.7. The largest absolute Gasteiger partial charge is 0.469 e. The summed E-state index contributed by atoms with van der Waals surface area (Å²) in [6.07, 6.45) is 0.271. The molecule has 0 aliphatic carbocycles. The van der Waals surface area contributed by atoms with E-state index in [2.05, 4.69) is 14.6 Å². The predicted octanol–water partition coefficient (Wildman–Crippen LogP) is 0.887. The molecule has 1 fully saturated rings. The number of carbonyl (C=O) groups excluding carboxylic acids is 2. The Balaban J connectivity index is 1.78. The summed E-state index contributed by atoms with van der Waals surface area (Å²) < 4.78 is 9.87. The van der Waals surface area contributed by atoms with Gasteiger partial charge in [-0.1, -0.05) is 0 Å². The SMILES string of the molecule is COC(=O)CCC(=O)N(C)Cc1csc(CN2CCOCC2)n1. The summed E-state index contributed by atoms with van der Waals surface area (Å²) in [5.41, 5.74) is 0.882. The van der Waals surface area contributed by atoms with Gasteiger partial charge in [-0.3, -0.25) is 14.5 Å². The molecule has 1 aromatic heterocycles. The normalized spacial score (nSPS) is 15.4. The van der Waals surface area contributed by atoms with Gasteiger partial charge in [-0.25, -0.2) is 4.98 Å². The molecule has 0 saturated carbocycles. The first kappa shape index (κ1) is 17.8. The molecule has 2 heterocycles. The van der Waals surface area contributed by atoms with Crippen molar-refractivity contribution < 1.29 is 19.1 Å². The van der Waals surface area contributed by atoms with Gasteiger partial charge in [-0.15, -0.1) is 11.3 Å². The van der Waals surface area contributed by atoms with Crippen molar-refractivity contribution in [1.82, 2.24) is 14.8 Å². The topological polar surface area (TPSA) is 72.0 Å². The molecule has 0 spiro atoms. The molecule has 128 valence electrons. The van der Waals surface area contributed by atoms with E-state index in [1.807, 2.05) is 5.38 Å². The molecule has 8 heteroatoms. The number of esters is 1. The maximum absolute atomic E-state index is 12.0. The number of hydrogen-bond donors (Lipinski definition) is 0. The lowest BCUT2D eigenvalue weighted by Gasteiger charge is -2.25. The van der Waals surface area contributed by atoms with Crippen LogP contribution < -0.4 is 0 Å². The monoisotopic (exact) mass is 341 g/mol. The highest BCUT2D eigenvalue weighted by atomic mass is 32.1. The number of ether oxygens (including phenoxy) is 2. The number of nitrogens with zero attached hydrogens (tertiary/aromatic N) is 3. The van der Waals surface area contributed by atoms with E-state index in [-0.39, 0.29) is 24.7 Å². The smallest absolute Gasteiger partial charge is 0.306 e. The molecular formula is C15H23N3O4S. The molecule has 1 aliphatic heterocycles. The summed E-state index contributed by atoms with van der Waals surface area (Å²) in [5, 5.41) is 3.04. The third kappa shape index (κ3) is 5.89. The molecule has 1 amide bonds. The zero-order valence-electron chi connectivity index (χ0n) is 13.6. The van der Waals surface area contributed by atoms with E-state index in [1.54, 1.807) is 23.3 Å². The Morgan fingerprint density at radius 1 is 1.39 bits per heavy atom. The Morgan fingerprint density at radius 3 is 2.83 bits per heavy atom. The van der Waals surface area contributed by atoms with Crippen molar-refractivity contribution >= 4 is 23.2 Å². The zero-order valence-corrected chi connectivity index (χ0v) is 14.4. The Kier molecular flexibility index (Phi) is 6.94. The number of methoxy groups -OCH3 is 1. The Morgan fingerprint density at radius 2 is 2.13 bits per heavy atom. The van der Waals surface area contributed by atoms with Crippen molar-refractivity contribution in [3.8, 4) is 0 Å². The Labute approximate surface area is 140 Å². The van der Waals surface area contributed by atoms with Crippen LogP contribution >= 0.6 is 11.3 Å². The van der Waals surface area contributed by atoms with Crippen LogP contribution in [0.15, 0.2) is 5.38 Å². The fourth-order valence-corrected chi connectivity index (χ4v) is 3.10. The third-order valence-corrected chi connectivity index (χ3v) is 4.54. The van der Waals surface area contributed by atoms with Crippen molar-refractivity contribution in [1.29, 1.82) is 0 Å².